The predicted molar refractivity (Wildman–Crippen MR) is 132 cm³/mol. The highest BCUT2D eigenvalue weighted by molar-refractivity contribution is 6.74. The van der Waals surface area contributed by atoms with E-state index in [0.717, 1.165) is 5.71 Å². The maximum Gasteiger partial charge on any atom is 0.302 e. The first-order chi connectivity index (χ1) is 16.0. The van der Waals surface area contributed by atoms with E-state index in [9.17, 15) is 4.79 Å². The highest BCUT2D eigenvalue weighted by Crippen LogP contribution is 2.37. The van der Waals surface area contributed by atoms with Gasteiger partial charge in [0, 0.05) is 36.0 Å². The van der Waals surface area contributed by atoms with Gasteiger partial charge in [0.2, 0.25) is 5.95 Å². The Hall–Kier alpha value is -2.85. The summed E-state index contributed by atoms with van der Waals surface area (Å²) in [6.07, 6.45) is 3.26. The van der Waals surface area contributed by atoms with Gasteiger partial charge in [0.25, 0.3) is 0 Å². The van der Waals surface area contributed by atoms with Gasteiger partial charge in [0.1, 0.15) is 12.4 Å². The summed E-state index contributed by atoms with van der Waals surface area (Å²) in [5.74, 6) is -0.111. The summed E-state index contributed by atoms with van der Waals surface area (Å²) >= 11 is 0. The summed E-state index contributed by atoms with van der Waals surface area (Å²) in [6.45, 7) is 13.8. The molecule has 0 spiro atoms. The molecule has 0 N–H and O–H groups in total. The Labute approximate surface area is 201 Å². The molecule has 1 aliphatic rings. The Balaban J connectivity index is 1.58. The molecule has 3 rings (SSSR count). The fourth-order valence-electron chi connectivity index (χ4n) is 2.97. The minimum atomic E-state index is -1.98. The molecule has 34 heavy (non-hydrogen) atoms. The number of benzene rings is 1. The van der Waals surface area contributed by atoms with Crippen LogP contribution >= 0.6 is 0 Å². The lowest BCUT2D eigenvalue weighted by atomic mass is 10.1. The van der Waals surface area contributed by atoms with Gasteiger partial charge in [-0.05, 0) is 18.1 Å². The number of hydrogen-bond acceptors (Lipinski definition) is 8. The van der Waals surface area contributed by atoms with Gasteiger partial charge in [-0.2, -0.15) is 0 Å². The van der Waals surface area contributed by atoms with Gasteiger partial charge < -0.3 is 18.9 Å². The lowest BCUT2D eigenvalue weighted by Gasteiger charge is -2.36. The Morgan fingerprint density at radius 3 is 2.47 bits per heavy atom. The Bertz CT molecular complexity index is 1030. The number of carbonyl (C=O) groups excluding carboxylic acids is 1. The van der Waals surface area contributed by atoms with E-state index in [0.29, 0.717) is 35.7 Å². The van der Waals surface area contributed by atoms with E-state index in [1.54, 1.807) is 24.5 Å². The van der Waals surface area contributed by atoms with Gasteiger partial charge in [0.05, 0.1) is 25.4 Å². The predicted octanol–water partition coefficient (Wildman–Crippen LogP) is 4.56. The van der Waals surface area contributed by atoms with Crippen LogP contribution in [0.25, 0.3) is 11.1 Å². The second-order valence-corrected chi connectivity index (χ2v) is 14.6. The maximum absolute atomic E-state index is 15.2. The largest absolute Gasteiger partial charge is 0.462 e. The molecule has 0 unspecified atom stereocenters. The summed E-state index contributed by atoms with van der Waals surface area (Å²) in [4.78, 5) is 26.6. The molecule has 8 nitrogen and oxygen atoms in total. The van der Waals surface area contributed by atoms with Crippen molar-refractivity contribution in [3.63, 3.8) is 0 Å². The van der Waals surface area contributed by atoms with Crippen molar-refractivity contribution < 1.29 is 23.2 Å². The molecule has 0 radical (unpaired) electrons. The van der Waals surface area contributed by atoms with Crippen LogP contribution in [-0.2, 0) is 25.4 Å². The first-order valence-electron chi connectivity index (χ1n) is 11.3. The second-order valence-electron chi connectivity index (χ2n) is 9.79. The molecule has 184 valence electrons. The zero-order chi connectivity index (χ0) is 24.9. The zero-order valence-corrected chi connectivity index (χ0v) is 21.7. The minimum absolute atomic E-state index is 0.0578. The molecule has 1 fully saturated rings. The number of oxime groups is 1. The Morgan fingerprint density at radius 1 is 1.18 bits per heavy atom. The molecule has 0 saturated carbocycles. The fraction of sp³-hybridized carbons (Fsp3) is 0.500. The molecule has 10 heteroatoms. The number of carbonyl (C=O) groups is 1. The quantitative estimate of drug-likeness (QED) is 0.221. The molecule has 1 aromatic heterocycles. The van der Waals surface area contributed by atoms with Crippen LogP contribution in [0.1, 0.15) is 33.3 Å². The summed E-state index contributed by atoms with van der Waals surface area (Å²) in [7, 11) is -1.98. The van der Waals surface area contributed by atoms with Crippen molar-refractivity contribution in [3.8, 4) is 11.1 Å². The number of anilines is 1. The summed E-state index contributed by atoms with van der Waals surface area (Å²) in [5.41, 5.74) is 2.44. The van der Waals surface area contributed by atoms with E-state index >= 15 is 4.39 Å². The van der Waals surface area contributed by atoms with Crippen molar-refractivity contribution in [1.29, 1.82) is 0 Å². The Kier molecular flexibility index (Phi) is 8.03. The third-order valence-electron chi connectivity index (χ3n) is 6.13. The van der Waals surface area contributed by atoms with Crippen molar-refractivity contribution in [3.05, 3.63) is 42.0 Å². The summed E-state index contributed by atoms with van der Waals surface area (Å²) in [5, 5.41) is 4.07. The van der Waals surface area contributed by atoms with Gasteiger partial charge in [-0.25, -0.2) is 14.4 Å². The third-order valence-corrected chi connectivity index (χ3v) is 10.6. The number of rotatable bonds is 9. The fourth-order valence-corrected chi connectivity index (χ4v) is 3.91. The number of ether oxygens (including phenoxy) is 1. The van der Waals surface area contributed by atoms with Gasteiger partial charge in [-0.1, -0.05) is 44.1 Å². The number of aromatic nitrogens is 2. The molecular weight excluding hydrogens is 455 g/mol. The molecule has 2 heterocycles. The number of nitrogens with zero attached hydrogens (tertiary/aromatic N) is 4. The van der Waals surface area contributed by atoms with E-state index in [1.165, 1.54) is 6.92 Å². The van der Waals surface area contributed by atoms with Crippen LogP contribution in [0.15, 0.2) is 35.7 Å². The second kappa shape index (κ2) is 10.6. The average Bonchev–Trinajstić information content (AvgIpc) is 2.73. The van der Waals surface area contributed by atoms with Gasteiger partial charge >= 0.3 is 5.97 Å². The SMILES string of the molecule is CC(=O)OCCON=C1CN(c2ncc(-c3cccc(CO[Si](C)(C)C(C)(C)C)c3F)cn2)C1. The van der Waals surface area contributed by atoms with Crippen LogP contribution < -0.4 is 4.90 Å². The van der Waals surface area contributed by atoms with Crippen LogP contribution in [0.5, 0.6) is 0 Å². The third kappa shape index (κ3) is 6.38. The lowest BCUT2D eigenvalue weighted by molar-refractivity contribution is -0.142. The van der Waals surface area contributed by atoms with Crippen LogP contribution in [0.4, 0.5) is 10.3 Å². The van der Waals surface area contributed by atoms with Gasteiger partial charge in [0.15, 0.2) is 14.9 Å². The average molecular weight is 489 g/mol. The molecule has 0 atom stereocenters. The van der Waals surface area contributed by atoms with E-state index in [4.69, 9.17) is 14.0 Å². The van der Waals surface area contributed by atoms with Crippen LogP contribution in [0.2, 0.25) is 18.1 Å². The first-order valence-corrected chi connectivity index (χ1v) is 14.2. The highest BCUT2D eigenvalue weighted by Gasteiger charge is 2.37. The molecule has 1 saturated heterocycles. The maximum atomic E-state index is 15.2. The smallest absolute Gasteiger partial charge is 0.302 e. The van der Waals surface area contributed by atoms with Gasteiger partial charge in [-0.15, -0.1) is 0 Å². The molecule has 2 aromatic rings. The van der Waals surface area contributed by atoms with Crippen LogP contribution in [-0.4, -0.2) is 56.3 Å². The normalized spacial score (nSPS) is 14.0. The number of esters is 1. The van der Waals surface area contributed by atoms with E-state index in [-0.39, 0.29) is 36.6 Å². The zero-order valence-electron chi connectivity index (χ0n) is 20.7. The molecule has 0 aliphatic carbocycles. The topological polar surface area (TPSA) is 86.1 Å². The monoisotopic (exact) mass is 488 g/mol. The summed E-state index contributed by atoms with van der Waals surface area (Å²) < 4.78 is 26.2. The molecule has 0 bridgehead atoms. The van der Waals surface area contributed by atoms with Crippen LogP contribution in [0, 0.1) is 5.82 Å². The van der Waals surface area contributed by atoms with Crippen molar-refractivity contribution in [2.24, 2.45) is 5.16 Å². The first kappa shape index (κ1) is 25.8. The highest BCUT2D eigenvalue weighted by atomic mass is 28.4. The molecule has 0 amide bonds. The van der Waals surface area contributed by atoms with Crippen molar-refractivity contribution >= 4 is 25.9 Å². The van der Waals surface area contributed by atoms with Crippen molar-refractivity contribution in [2.75, 3.05) is 31.2 Å². The lowest BCUT2D eigenvalue weighted by Crippen LogP contribution is -2.48. The van der Waals surface area contributed by atoms with E-state index in [1.807, 2.05) is 11.0 Å². The molecule has 1 aromatic carbocycles. The van der Waals surface area contributed by atoms with Crippen molar-refractivity contribution in [2.45, 2.75) is 52.4 Å². The number of halogens is 1. The van der Waals surface area contributed by atoms with E-state index < -0.39 is 8.32 Å². The van der Waals surface area contributed by atoms with Crippen molar-refractivity contribution in [1.82, 2.24) is 9.97 Å². The molecule has 1 aliphatic heterocycles. The molecular formula is C24H33FN4O4Si. The van der Waals surface area contributed by atoms with E-state index in [2.05, 4.69) is 49.0 Å². The van der Waals surface area contributed by atoms with Gasteiger partial charge in [-0.3, -0.25) is 4.79 Å². The summed E-state index contributed by atoms with van der Waals surface area (Å²) in [6, 6.07) is 5.32. The minimum Gasteiger partial charge on any atom is -0.462 e. The van der Waals surface area contributed by atoms with Crippen LogP contribution in [0.3, 0.4) is 0 Å². The Morgan fingerprint density at radius 2 is 1.85 bits per heavy atom. The number of hydrogen-bond donors (Lipinski definition) is 0. The standard InChI is InChI=1S/C24H33FN4O4Si/c1-17(30)31-10-11-32-28-20-14-29(15-20)23-26-12-19(13-27-23)21-9-7-8-18(22(21)25)16-33-34(5,6)24(2,3)4/h7-9,12-13H,10-11,14-16H2,1-6H3.